The number of benzene rings is 8. The Morgan fingerprint density at radius 2 is 0.688 bits per heavy atom. The molecule has 7 heteroatoms. The van der Waals surface area contributed by atoms with Crippen molar-refractivity contribution in [2.75, 3.05) is 4.90 Å². The van der Waals surface area contributed by atoms with E-state index in [0.717, 1.165) is 77.4 Å². The van der Waals surface area contributed by atoms with E-state index in [1.165, 1.54) is 11.1 Å². The van der Waals surface area contributed by atoms with Gasteiger partial charge in [-0.05, 0) is 82.9 Å². The van der Waals surface area contributed by atoms with E-state index in [9.17, 15) is 0 Å². The van der Waals surface area contributed by atoms with Gasteiger partial charge in [0.05, 0.1) is 40.1 Å². The lowest BCUT2D eigenvalue weighted by Crippen LogP contribution is -2.11. The molecular formula is C57H39N7. The van der Waals surface area contributed by atoms with Crippen molar-refractivity contribution < 1.29 is 0 Å². The van der Waals surface area contributed by atoms with Gasteiger partial charge in [0.15, 0.2) is 0 Å². The monoisotopic (exact) mass is 821 g/mol. The van der Waals surface area contributed by atoms with Crippen LogP contribution in [-0.4, -0.2) is 29.1 Å². The molecule has 0 radical (unpaired) electrons. The summed E-state index contributed by atoms with van der Waals surface area (Å²) in [5.74, 6) is 1.27. The number of para-hydroxylation sites is 4. The van der Waals surface area contributed by atoms with E-state index in [1.807, 2.05) is 61.2 Å². The summed E-state index contributed by atoms with van der Waals surface area (Å²) in [5.41, 5.74) is 12.9. The molecule has 0 aliphatic rings. The summed E-state index contributed by atoms with van der Waals surface area (Å²) >= 11 is 0. The van der Waals surface area contributed by atoms with Crippen molar-refractivity contribution in [3.63, 3.8) is 0 Å². The smallest absolute Gasteiger partial charge is 0.234 e. The van der Waals surface area contributed by atoms with Gasteiger partial charge in [-0.1, -0.05) is 146 Å². The molecule has 0 atom stereocenters. The topological polar surface area (TPSA) is 64.7 Å². The predicted octanol–water partition coefficient (Wildman–Crippen LogP) is 13.8. The number of anilines is 3. The highest BCUT2D eigenvalue weighted by atomic mass is 15.2. The molecule has 0 unspecified atom stereocenters. The molecule has 0 saturated carbocycles. The number of rotatable bonds is 9. The third kappa shape index (κ3) is 6.37. The second-order valence-corrected chi connectivity index (χ2v) is 16.0. The highest BCUT2D eigenvalue weighted by molar-refractivity contribution is 6.12. The number of hydrogen-bond donors (Lipinski definition) is 0. The fourth-order valence-electron chi connectivity index (χ4n) is 9.35. The second-order valence-electron chi connectivity index (χ2n) is 16.0. The van der Waals surface area contributed by atoms with Crippen LogP contribution in [0.15, 0.2) is 231 Å². The van der Waals surface area contributed by atoms with Crippen molar-refractivity contribution in [2.45, 2.75) is 5.92 Å². The van der Waals surface area contributed by atoms with E-state index >= 15 is 0 Å². The molecule has 64 heavy (non-hydrogen) atoms. The van der Waals surface area contributed by atoms with Gasteiger partial charge in [0, 0.05) is 56.8 Å². The molecule has 8 aromatic carbocycles. The molecule has 12 aromatic rings. The van der Waals surface area contributed by atoms with Crippen molar-refractivity contribution in [1.82, 2.24) is 29.1 Å². The highest BCUT2D eigenvalue weighted by Crippen LogP contribution is 2.39. The van der Waals surface area contributed by atoms with Crippen LogP contribution in [-0.2, 0) is 0 Å². The molecule has 0 amide bonds. The van der Waals surface area contributed by atoms with Gasteiger partial charge in [0.25, 0.3) is 0 Å². The van der Waals surface area contributed by atoms with Crippen LogP contribution in [0.25, 0.3) is 66.6 Å². The predicted molar refractivity (Wildman–Crippen MR) is 260 cm³/mol. The fraction of sp³-hybridized carbons (Fsp3) is 0.0175. The minimum Gasteiger partial charge on any atom is -0.308 e. The first kappa shape index (κ1) is 37.1. The lowest BCUT2D eigenvalue weighted by Gasteiger charge is -2.24. The zero-order valence-corrected chi connectivity index (χ0v) is 34.6. The molecule has 12 rings (SSSR count). The standard InChI is InChI=1S/C57H39N7/c1-5-17-39(18-6-1)55(40-19-7-2-8-20-40)43-35-58-56(59-36-43)63-51-27-15-13-25-47(51)49-33-41(29-31-53(49)63)42-30-32-54-50(34-42)48-26-14-16-28-52(48)64(54)57-60-37-46(38-61-57)62(44-21-9-3-10-22-44)45-23-11-4-12-24-45/h1-38,55H. The summed E-state index contributed by atoms with van der Waals surface area (Å²) in [6.45, 7) is 0. The first-order valence-electron chi connectivity index (χ1n) is 21.5. The Morgan fingerprint density at radius 3 is 1.14 bits per heavy atom. The zero-order chi connectivity index (χ0) is 42.4. The van der Waals surface area contributed by atoms with Crippen molar-refractivity contribution in [3.05, 3.63) is 248 Å². The molecule has 0 bridgehead atoms. The molecule has 0 saturated heterocycles. The normalized spacial score (nSPS) is 11.6. The van der Waals surface area contributed by atoms with Crippen LogP contribution in [0.1, 0.15) is 22.6 Å². The largest absolute Gasteiger partial charge is 0.308 e. The SMILES string of the molecule is c1ccc(C(c2ccccc2)c2cnc(-n3c4ccccc4c4cc(-c5ccc6c(c5)c5ccccc5n6-c5ncc(N(c6ccccc6)c6ccccc6)cn5)ccc43)nc2)cc1. The van der Waals surface area contributed by atoms with Gasteiger partial charge in [-0.2, -0.15) is 0 Å². The molecule has 0 aliphatic heterocycles. The van der Waals surface area contributed by atoms with Crippen molar-refractivity contribution >= 4 is 60.7 Å². The minimum atomic E-state index is 0.0208. The van der Waals surface area contributed by atoms with Crippen LogP contribution in [0, 0.1) is 0 Å². The van der Waals surface area contributed by atoms with Gasteiger partial charge in [-0.25, -0.2) is 19.9 Å². The summed E-state index contributed by atoms with van der Waals surface area (Å²) in [7, 11) is 0. The molecule has 7 nitrogen and oxygen atoms in total. The Morgan fingerprint density at radius 1 is 0.312 bits per heavy atom. The molecule has 302 valence electrons. The molecule has 0 spiro atoms. The number of nitrogens with zero attached hydrogens (tertiary/aromatic N) is 7. The molecule has 4 heterocycles. The second kappa shape index (κ2) is 15.7. The van der Waals surface area contributed by atoms with Crippen LogP contribution >= 0.6 is 0 Å². The molecule has 0 fully saturated rings. The summed E-state index contributed by atoms with van der Waals surface area (Å²) in [6.07, 6.45) is 7.79. The summed E-state index contributed by atoms with van der Waals surface area (Å²) in [6, 6.07) is 72.2. The summed E-state index contributed by atoms with van der Waals surface area (Å²) < 4.78 is 4.34. The van der Waals surface area contributed by atoms with E-state index < -0.39 is 0 Å². The maximum Gasteiger partial charge on any atom is 0.234 e. The first-order chi connectivity index (χ1) is 31.8. The first-order valence-corrected chi connectivity index (χ1v) is 21.5. The summed E-state index contributed by atoms with van der Waals surface area (Å²) in [5, 5.41) is 4.57. The molecule has 0 aliphatic carbocycles. The zero-order valence-electron chi connectivity index (χ0n) is 34.6. The Kier molecular flexibility index (Phi) is 9.08. The number of fused-ring (bicyclic) bond motifs is 6. The number of aromatic nitrogens is 6. The molecule has 0 N–H and O–H groups in total. The average molecular weight is 822 g/mol. The Hall–Kier alpha value is -8.68. The van der Waals surface area contributed by atoms with E-state index in [-0.39, 0.29) is 5.92 Å². The Bertz CT molecular complexity index is 3270. The lowest BCUT2D eigenvalue weighted by atomic mass is 9.87. The van der Waals surface area contributed by atoms with Crippen LogP contribution < -0.4 is 4.90 Å². The summed E-state index contributed by atoms with van der Waals surface area (Å²) in [4.78, 5) is 22.3. The van der Waals surface area contributed by atoms with Gasteiger partial charge in [0.2, 0.25) is 11.9 Å². The van der Waals surface area contributed by atoms with Crippen LogP contribution in [0.4, 0.5) is 17.1 Å². The van der Waals surface area contributed by atoms with Gasteiger partial charge < -0.3 is 4.90 Å². The Balaban J connectivity index is 0.921. The van der Waals surface area contributed by atoms with Gasteiger partial charge >= 0.3 is 0 Å². The maximum atomic E-state index is 5.04. The average Bonchev–Trinajstić information content (AvgIpc) is 3.88. The van der Waals surface area contributed by atoms with Crippen LogP contribution in [0.2, 0.25) is 0 Å². The number of hydrogen-bond acceptors (Lipinski definition) is 5. The highest BCUT2D eigenvalue weighted by Gasteiger charge is 2.21. The molecular weight excluding hydrogens is 783 g/mol. The van der Waals surface area contributed by atoms with Crippen molar-refractivity contribution in [1.29, 1.82) is 0 Å². The minimum absolute atomic E-state index is 0.0208. The van der Waals surface area contributed by atoms with Crippen LogP contribution in [0.5, 0.6) is 0 Å². The van der Waals surface area contributed by atoms with E-state index in [1.54, 1.807) is 0 Å². The fourth-order valence-corrected chi connectivity index (χ4v) is 9.35. The van der Waals surface area contributed by atoms with Gasteiger partial charge in [0.1, 0.15) is 0 Å². The third-order valence-corrected chi connectivity index (χ3v) is 12.2. The lowest BCUT2D eigenvalue weighted by molar-refractivity contribution is 0.910. The van der Waals surface area contributed by atoms with Crippen molar-refractivity contribution in [2.24, 2.45) is 0 Å². The van der Waals surface area contributed by atoms with Crippen molar-refractivity contribution in [3.8, 4) is 23.0 Å². The quantitative estimate of drug-likeness (QED) is 0.145. The third-order valence-electron chi connectivity index (χ3n) is 12.2. The van der Waals surface area contributed by atoms with Gasteiger partial charge in [-0.3, -0.25) is 9.13 Å². The van der Waals surface area contributed by atoms with E-state index in [2.05, 4.69) is 184 Å². The van der Waals surface area contributed by atoms with E-state index in [0.29, 0.717) is 11.9 Å². The Labute approximate surface area is 369 Å². The van der Waals surface area contributed by atoms with Gasteiger partial charge in [-0.15, -0.1) is 0 Å². The van der Waals surface area contributed by atoms with E-state index in [4.69, 9.17) is 19.9 Å². The molecule has 4 aromatic heterocycles. The maximum absolute atomic E-state index is 5.04. The van der Waals surface area contributed by atoms with Crippen LogP contribution in [0.3, 0.4) is 0 Å².